The molecule has 2 atom stereocenters. The van der Waals surface area contributed by atoms with Crippen molar-refractivity contribution in [2.24, 2.45) is 11.8 Å². The molecule has 1 aromatic rings. The summed E-state index contributed by atoms with van der Waals surface area (Å²) >= 11 is 0. The van der Waals surface area contributed by atoms with Crippen molar-refractivity contribution in [1.29, 1.82) is 0 Å². The number of nitrogens with zero attached hydrogens (tertiary/aromatic N) is 2. The Balaban J connectivity index is 1.37. The Hall–Kier alpha value is -2.24. The van der Waals surface area contributed by atoms with Gasteiger partial charge in [0.15, 0.2) is 11.6 Å². The van der Waals surface area contributed by atoms with Gasteiger partial charge < -0.3 is 14.5 Å². The molecule has 0 bridgehead atoms. The summed E-state index contributed by atoms with van der Waals surface area (Å²) in [6, 6.07) is 3.81. The van der Waals surface area contributed by atoms with Crippen LogP contribution in [-0.4, -0.2) is 75.7 Å². The minimum atomic E-state index is -3.60. The van der Waals surface area contributed by atoms with Gasteiger partial charge in [-0.05, 0) is 81.6 Å². The SMILES string of the molecule is CN1CCCC([C@@H](NS(=O)(=O)CCCCCN2CC(=O)NC2=O)c2ccc(F)c(OCC3CC3)c2)C1. The van der Waals surface area contributed by atoms with E-state index in [9.17, 15) is 22.4 Å². The van der Waals surface area contributed by atoms with Crippen molar-refractivity contribution >= 4 is 22.0 Å². The standard InChI is InChI=1S/C25H37FN4O5S/c1-29-11-5-6-20(15-29)24(19-9-10-21(26)22(14-19)35-17-18-7-8-18)28-36(33,34)13-4-2-3-12-30-16-23(31)27-25(30)32/h9-10,14,18,20,24,28H,2-8,11-13,15-17H2,1H3,(H,27,31,32)/t20?,24-/m0/s1. The van der Waals surface area contributed by atoms with Crippen molar-refractivity contribution in [2.75, 3.05) is 45.6 Å². The van der Waals surface area contributed by atoms with Crippen molar-refractivity contribution in [2.45, 2.75) is 51.0 Å². The predicted octanol–water partition coefficient (Wildman–Crippen LogP) is 2.64. The highest BCUT2D eigenvalue weighted by Crippen LogP contribution is 2.34. The van der Waals surface area contributed by atoms with Gasteiger partial charge >= 0.3 is 6.03 Å². The second-order valence-electron chi connectivity index (χ2n) is 10.4. The lowest BCUT2D eigenvalue weighted by Gasteiger charge is -2.35. The third-order valence-corrected chi connectivity index (χ3v) is 8.57. The number of urea groups is 1. The second kappa shape index (κ2) is 11.9. The molecule has 36 heavy (non-hydrogen) atoms. The molecule has 1 aromatic carbocycles. The highest BCUT2D eigenvalue weighted by Gasteiger charge is 2.31. The number of carbonyl (C=O) groups excluding carboxylic acids is 2. The first-order chi connectivity index (χ1) is 17.2. The molecule has 3 aliphatic rings. The van der Waals surface area contributed by atoms with E-state index in [2.05, 4.69) is 14.9 Å². The molecule has 2 aliphatic heterocycles. The maximum absolute atomic E-state index is 14.4. The summed E-state index contributed by atoms with van der Waals surface area (Å²) in [5.74, 6) is -0.0646. The Morgan fingerprint density at radius 1 is 1.19 bits per heavy atom. The molecule has 1 saturated carbocycles. The molecule has 0 radical (unpaired) electrons. The van der Waals surface area contributed by atoms with Crippen LogP contribution < -0.4 is 14.8 Å². The van der Waals surface area contributed by atoms with Crippen LogP contribution in [0.3, 0.4) is 0 Å². The van der Waals surface area contributed by atoms with Gasteiger partial charge in [0.05, 0.1) is 18.4 Å². The number of unbranched alkanes of at least 4 members (excludes halogenated alkanes) is 2. The summed E-state index contributed by atoms with van der Waals surface area (Å²) in [6.07, 6.45) is 5.72. The highest BCUT2D eigenvalue weighted by molar-refractivity contribution is 7.89. The molecular weight excluding hydrogens is 487 g/mol. The fourth-order valence-electron chi connectivity index (χ4n) is 4.92. The fraction of sp³-hybridized carbons (Fsp3) is 0.680. The van der Waals surface area contributed by atoms with E-state index in [1.54, 1.807) is 12.1 Å². The molecular formula is C25H37FN4O5S. The second-order valence-corrected chi connectivity index (χ2v) is 12.2. The van der Waals surface area contributed by atoms with Crippen LogP contribution in [-0.2, 0) is 14.8 Å². The van der Waals surface area contributed by atoms with Gasteiger partial charge in [0.1, 0.15) is 6.54 Å². The smallest absolute Gasteiger partial charge is 0.324 e. The molecule has 9 nitrogen and oxygen atoms in total. The first-order valence-corrected chi connectivity index (χ1v) is 14.5. The van der Waals surface area contributed by atoms with Crippen LogP contribution in [0.25, 0.3) is 0 Å². The highest BCUT2D eigenvalue weighted by atomic mass is 32.2. The Kier molecular flexibility index (Phi) is 8.84. The topological polar surface area (TPSA) is 108 Å². The number of benzene rings is 1. The number of halogens is 1. The van der Waals surface area contributed by atoms with Crippen molar-refractivity contribution in [3.05, 3.63) is 29.6 Å². The number of rotatable bonds is 13. The van der Waals surface area contributed by atoms with Gasteiger partial charge in [-0.25, -0.2) is 22.3 Å². The Morgan fingerprint density at radius 3 is 2.69 bits per heavy atom. The fourth-order valence-corrected chi connectivity index (χ4v) is 6.34. The molecule has 1 aliphatic carbocycles. The number of sulfonamides is 1. The number of nitrogens with one attached hydrogen (secondary N) is 2. The third kappa shape index (κ3) is 7.63. The van der Waals surface area contributed by atoms with Crippen LogP contribution >= 0.6 is 0 Å². The number of carbonyl (C=O) groups is 2. The molecule has 1 unspecified atom stereocenters. The normalized spacial score (nSPS) is 22.1. The minimum Gasteiger partial charge on any atom is -0.490 e. The lowest BCUT2D eigenvalue weighted by molar-refractivity contribution is -0.118. The Morgan fingerprint density at radius 2 is 2.00 bits per heavy atom. The summed E-state index contributed by atoms with van der Waals surface area (Å²) in [7, 11) is -1.58. The van der Waals surface area contributed by atoms with E-state index < -0.39 is 27.9 Å². The van der Waals surface area contributed by atoms with Gasteiger partial charge in [-0.1, -0.05) is 12.5 Å². The number of hydrogen-bond acceptors (Lipinski definition) is 6. The molecule has 200 valence electrons. The first-order valence-electron chi connectivity index (χ1n) is 12.9. The Labute approximate surface area is 212 Å². The third-order valence-electron chi connectivity index (χ3n) is 7.13. The zero-order valence-electron chi connectivity index (χ0n) is 20.9. The zero-order chi connectivity index (χ0) is 25.7. The Bertz CT molecular complexity index is 1050. The van der Waals surface area contributed by atoms with E-state index in [1.807, 2.05) is 7.05 Å². The number of amides is 3. The number of hydrogen-bond donors (Lipinski definition) is 2. The average molecular weight is 525 g/mol. The van der Waals surface area contributed by atoms with E-state index in [4.69, 9.17) is 4.74 Å². The maximum Gasteiger partial charge on any atom is 0.324 e. The molecule has 4 rings (SSSR count). The van der Waals surface area contributed by atoms with E-state index in [0.717, 1.165) is 44.3 Å². The lowest BCUT2D eigenvalue weighted by Crippen LogP contribution is -2.42. The van der Waals surface area contributed by atoms with Crippen LogP contribution in [0.5, 0.6) is 5.75 Å². The van der Waals surface area contributed by atoms with Gasteiger partial charge in [0.2, 0.25) is 15.9 Å². The molecule has 3 fully saturated rings. The van der Waals surface area contributed by atoms with Crippen molar-refractivity contribution < 1.29 is 27.1 Å². The number of piperidine rings is 1. The summed E-state index contributed by atoms with van der Waals surface area (Å²) in [5.41, 5.74) is 0.718. The average Bonchev–Trinajstić information content (AvgIpc) is 3.60. The van der Waals surface area contributed by atoms with Crippen LogP contribution in [0.4, 0.5) is 9.18 Å². The molecule has 2 heterocycles. The van der Waals surface area contributed by atoms with E-state index in [-0.39, 0.29) is 29.9 Å². The maximum atomic E-state index is 14.4. The molecule has 2 saturated heterocycles. The minimum absolute atomic E-state index is 0.0383. The van der Waals surface area contributed by atoms with Crippen LogP contribution in [0.1, 0.15) is 56.6 Å². The summed E-state index contributed by atoms with van der Waals surface area (Å²) < 4.78 is 49.2. The summed E-state index contributed by atoms with van der Waals surface area (Å²) in [6.45, 7) is 2.67. The van der Waals surface area contributed by atoms with Gasteiger partial charge in [0, 0.05) is 13.1 Å². The van der Waals surface area contributed by atoms with Gasteiger partial charge in [-0.15, -0.1) is 0 Å². The molecule has 11 heteroatoms. The lowest BCUT2D eigenvalue weighted by atomic mass is 9.87. The van der Waals surface area contributed by atoms with Gasteiger partial charge in [0.25, 0.3) is 0 Å². The van der Waals surface area contributed by atoms with Crippen LogP contribution in [0, 0.1) is 17.7 Å². The van der Waals surface area contributed by atoms with Crippen LogP contribution in [0.2, 0.25) is 0 Å². The van der Waals surface area contributed by atoms with E-state index in [0.29, 0.717) is 38.3 Å². The predicted molar refractivity (Wildman–Crippen MR) is 133 cm³/mol. The van der Waals surface area contributed by atoms with Crippen molar-refractivity contribution in [3.63, 3.8) is 0 Å². The zero-order valence-corrected chi connectivity index (χ0v) is 21.7. The van der Waals surface area contributed by atoms with E-state index in [1.165, 1.54) is 11.0 Å². The molecule has 3 amide bonds. The molecule has 2 N–H and O–H groups in total. The monoisotopic (exact) mass is 524 g/mol. The first kappa shape index (κ1) is 26.8. The quantitative estimate of drug-likeness (QED) is 0.303. The van der Waals surface area contributed by atoms with Gasteiger partial charge in [-0.3, -0.25) is 10.1 Å². The summed E-state index contributed by atoms with van der Waals surface area (Å²) in [4.78, 5) is 26.5. The summed E-state index contributed by atoms with van der Waals surface area (Å²) in [5, 5.41) is 2.23. The number of ether oxygens (including phenoxy) is 1. The van der Waals surface area contributed by atoms with E-state index >= 15 is 0 Å². The van der Waals surface area contributed by atoms with Crippen molar-refractivity contribution in [1.82, 2.24) is 19.8 Å². The number of likely N-dealkylation sites (tertiary alicyclic amines) is 1. The molecule has 0 aromatic heterocycles. The van der Waals surface area contributed by atoms with Crippen molar-refractivity contribution in [3.8, 4) is 5.75 Å². The van der Waals surface area contributed by atoms with Crippen LogP contribution in [0.15, 0.2) is 18.2 Å². The van der Waals surface area contributed by atoms with Gasteiger partial charge in [-0.2, -0.15) is 0 Å². The number of imide groups is 1. The largest absolute Gasteiger partial charge is 0.490 e. The molecule has 0 spiro atoms.